The molecule has 0 saturated heterocycles. The highest BCUT2D eigenvalue weighted by Crippen LogP contribution is 2.28. The van der Waals surface area contributed by atoms with E-state index < -0.39 is 9.28 Å². The molecule has 0 heterocycles. The van der Waals surface area contributed by atoms with Crippen LogP contribution in [0.3, 0.4) is 0 Å². The molecule has 0 aliphatic carbocycles. The first kappa shape index (κ1) is 18.3. The number of ether oxygens (including phenoxy) is 1. The topological polar surface area (TPSA) is 44.8 Å². The van der Waals surface area contributed by atoms with Crippen LogP contribution in [0, 0.1) is 0 Å². The molecular formula is C14H28O4Si. The van der Waals surface area contributed by atoms with Crippen LogP contribution in [-0.2, 0) is 18.4 Å². The third-order valence-electron chi connectivity index (χ3n) is 3.27. The Kier molecular flexibility index (Phi) is 10.8. The molecule has 0 saturated carbocycles. The van der Waals surface area contributed by atoms with E-state index in [2.05, 4.69) is 13.5 Å². The van der Waals surface area contributed by atoms with Gasteiger partial charge in [-0.15, -0.1) is 0 Å². The fourth-order valence-electron chi connectivity index (χ4n) is 2.24. The Hall–Kier alpha value is -0.653. The standard InChI is InChI=1S/C14H28O4Si/c1-6-9-10-11-13(19(16-4)17-5)12(7-2)18-14(15)8-3/h8,12-13,19H,3,6-7,9-11H2,1-2,4-5H3. The van der Waals surface area contributed by atoms with Crippen molar-refractivity contribution in [3.05, 3.63) is 12.7 Å². The normalized spacial score (nSPS) is 14.2. The van der Waals surface area contributed by atoms with Gasteiger partial charge in [-0.05, 0) is 12.8 Å². The quantitative estimate of drug-likeness (QED) is 0.254. The summed E-state index contributed by atoms with van der Waals surface area (Å²) in [7, 11) is 1.54. The molecule has 0 aromatic heterocycles. The molecule has 0 aromatic carbocycles. The summed E-state index contributed by atoms with van der Waals surface area (Å²) in [6, 6.07) is 0. The van der Waals surface area contributed by atoms with Gasteiger partial charge in [0, 0.05) is 25.8 Å². The Morgan fingerprint density at radius 2 is 1.89 bits per heavy atom. The highest BCUT2D eigenvalue weighted by molar-refractivity contribution is 6.46. The van der Waals surface area contributed by atoms with E-state index in [1.165, 1.54) is 18.9 Å². The lowest BCUT2D eigenvalue weighted by atomic mass is 10.1. The summed E-state index contributed by atoms with van der Waals surface area (Å²) in [6.07, 6.45) is 6.28. The minimum Gasteiger partial charge on any atom is -0.459 e. The van der Waals surface area contributed by atoms with Crippen LogP contribution in [0.15, 0.2) is 12.7 Å². The van der Waals surface area contributed by atoms with E-state index in [1.807, 2.05) is 6.92 Å². The molecule has 19 heavy (non-hydrogen) atoms. The third kappa shape index (κ3) is 6.89. The predicted octanol–water partition coefficient (Wildman–Crippen LogP) is 2.96. The van der Waals surface area contributed by atoms with Crippen LogP contribution in [0.5, 0.6) is 0 Å². The van der Waals surface area contributed by atoms with Crippen molar-refractivity contribution in [2.45, 2.75) is 57.6 Å². The monoisotopic (exact) mass is 288 g/mol. The van der Waals surface area contributed by atoms with Crippen LogP contribution in [0.4, 0.5) is 0 Å². The van der Waals surface area contributed by atoms with Crippen LogP contribution < -0.4 is 0 Å². The van der Waals surface area contributed by atoms with Crippen molar-refractivity contribution < 1.29 is 18.4 Å². The zero-order valence-electron chi connectivity index (χ0n) is 12.7. The number of esters is 1. The minimum atomic E-state index is -1.81. The van der Waals surface area contributed by atoms with E-state index >= 15 is 0 Å². The number of carbonyl (C=O) groups is 1. The van der Waals surface area contributed by atoms with Gasteiger partial charge < -0.3 is 13.6 Å². The van der Waals surface area contributed by atoms with E-state index in [9.17, 15) is 4.79 Å². The number of carbonyl (C=O) groups excluding carboxylic acids is 1. The number of hydrogen-bond acceptors (Lipinski definition) is 4. The lowest BCUT2D eigenvalue weighted by Gasteiger charge is -2.29. The third-order valence-corrected chi connectivity index (χ3v) is 5.66. The van der Waals surface area contributed by atoms with Gasteiger partial charge in [-0.1, -0.05) is 39.7 Å². The SMILES string of the molecule is C=CC(=O)OC(CC)C(CCCCC)[SiH](OC)OC. The van der Waals surface area contributed by atoms with Gasteiger partial charge in [-0.3, -0.25) is 0 Å². The summed E-state index contributed by atoms with van der Waals surface area (Å²) in [5.74, 6) is -0.368. The van der Waals surface area contributed by atoms with Gasteiger partial charge in [0.15, 0.2) is 0 Å². The summed E-state index contributed by atoms with van der Waals surface area (Å²) >= 11 is 0. The van der Waals surface area contributed by atoms with Gasteiger partial charge in [0.25, 0.3) is 0 Å². The molecule has 0 aromatic rings. The van der Waals surface area contributed by atoms with Gasteiger partial charge in [-0.25, -0.2) is 4.79 Å². The summed E-state index contributed by atoms with van der Waals surface area (Å²) in [5.41, 5.74) is 0.190. The first-order chi connectivity index (χ1) is 9.14. The maximum Gasteiger partial charge on any atom is 0.330 e. The maximum atomic E-state index is 11.4. The Labute approximate surface area is 119 Å². The molecule has 2 atom stereocenters. The Balaban J connectivity index is 4.72. The Bertz CT molecular complexity index is 254. The number of unbranched alkanes of at least 4 members (excludes halogenated alkanes) is 2. The fraction of sp³-hybridized carbons (Fsp3) is 0.786. The molecular weight excluding hydrogens is 260 g/mol. The first-order valence-electron chi connectivity index (χ1n) is 7.03. The van der Waals surface area contributed by atoms with E-state index in [0.29, 0.717) is 0 Å². The molecule has 0 aliphatic rings. The lowest BCUT2D eigenvalue weighted by molar-refractivity contribution is -0.143. The maximum absolute atomic E-state index is 11.4. The average molecular weight is 288 g/mol. The molecule has 112 valence electrons. The van der Waals surface area contributed by atoms with Crippen LogP contribution >= 0.6 is 0 Å². The zero-order valence-corrected chi connectivity index (χ0v) is 13.8. The van der Waals surface area contributed by atoms with Crippen LogP contribution in [-0.4, -0.2) is 35.6 Å². The number of rotatable bonds is 11. The van der Waals surface area contributed by atoms with Crippen molar-refractivity contribution in [1.82, 2.24) is 0 Å². The molecule has 0 spiro atoms. The fourth-order valence-corrected chi connectivity index (χ4v) is 4.34. The highest BCUT2D eigenvalue weighted by Gasteiger charge is 2.33. The van der Waals surface area contributed by atoms with Gasteiger partial charge in [-0.2, -0.15) is 0 Å². The van der Waals surface area contributed by atoms with E-state index in [0.717, 1.165) is 19.3 Å². The van der Waals surface area contributed by atoms with Crippen LogP contribution in [0.1, 0.15) is 46.0 Å². The molecule has 0 bridgehead atoms. The summed E-state index contributed by atoms with van der Waals surface area (Å²) < 4.78 is 16.4. The summed E-state index contributed by atoms with van der Waals surface area (Å²) in [6.45, 7) is 7.63. The smallest absolute Gasteiger partial charge is 0.330 e. The van der Waals surface area contributed by atoms with Crippen molar-refractivity contribution in [3.8, 4) is 0 Å². The first-order valence-corrected chi connectivity index (χ1v) is 8.64. The van der Waals surface area contributed by atoms with Crippen molar-refractivity contribution >= 4 is 15.3 Å². The second-order valence-electron chi connectivity index (χ2n) is 4.59. The van der Waals surface area contributed by atoms with Gasteiger partial charge in [0.2, 0.25) is 0 Å². The van der Waals surface area contributed by atoms with E-state index in [-0.39, 0.29) is 17.6 Å². The van der Waals surface area contributed by atoms with Crippen molar-refractivity contribution in [1.29, 1.82) is 0 Å². The van der Waals surface area contributed by atoms with Crippen LogP contribution in [0.2, 0.25) is 5.54 Å². The molecule has 2 unspecified atom stereocenters. The summed E-state index contributed by atoms with van der Waals surface area (Å²) in [4.78, 5) is 11.4. The average Bonchev–Trinajstić information content (AvgIpc) is 2.44. The van der Waals surface area contributed by atoms with Crippen molar-refractivity contribution in [3.63, 3.8) is 0 Å². The Morgan fingerprint density at radius 1 is 1.26 bits per heavy atom. The molecule has 5 heteroatoms. The van der Waals surface area contributed by atoms with Crippen molar-refractivity contribution in [2.75, 3.05) is 14.2 Å². The predicted molar refractivity (Wildman–Crippen MR) is 79.4 cm³/mol. The zero-order chi connectivity index (χ0) is 14.7. The highest BCUT2D eigenvalue weighted by atomic mass is 28.3. The largest absolute Gasteiger partial charge is 0.459 e. The van der Waals surface area contributed by atoms with Crippen LogP contribution in [0.25, 0.3) is 0 Å². The Morgan fingerprint density at radius 3 is 2.32 bits per heavy atom. The molecule has 0 fully saturated rings. The molecule has 0 N–H and O–H groups in total. The lowest BCUT2D eigenvalue weighted by Crippen LogP contribution is -2.36. The van der Waals surface area contributed by atoms with E-state index in [1.54, 1.807) is 14.2 Å². The van der Waals surface area contributed by atoms with Gasteiger partial charge in [0.1, 0.15) is 6.10 Å². The molecule has 0 aliphatic heterocycles. The van der Waals surface area contributed by atoms with Gasteiger partial charge in [0.05, 0.1) is 0 Å². The second kappa shape index (κ2) is 11.2. The summed E-state index contributed by atoms with van der Waals surface area (Å²) in [5, 5.41) is 0. The second-order valence-corrected chi connectivity index (χ2v) is 7.12. The molecule has 0 rings (SSSR count). The minimum absolute atomic E-state index is 0.140. The number of hydrogen-bond donors (Lipinski definition) is 0. The molecule has 4 nitrogen and oxygen atoms in total. The molecule has 0 radical (unpaired) electrons. The molecule has 0 amide bonds. The van der Waals surface area contributed by atoms with Crippen molar-refractivity contribution in [2.24, 2.45) is 0 Å². The van der Waals surface area contributed by atoms with Gasteiger partial charge >= 0.3 is 15.3 Å². The van der Waals surface area contributed by atoms with E-state index in [4.69, 9.17) is 13.6 Å².